The Balaban J connectivity index is 1.06. The Morgan fingerprint density at radius 3 is 1.51 bits per heavy atom. The first-order valence-corrected chi connectivity index (χ1v) is 26.5. The molecule has 344 valence electrons. The van der Waals surface area contributed by atoms with Crippen LogP contribution in [0.2, 0.25) is 0 Å². The number of benzene rings is 7. The van der Waals surface area contributed by atoms with Crippen LogP contribution in [0.4, 0.5) is 0 Å². The van der Waals surface area contributed by atoms with Crippen LogP contribution < -0.4 is 0 Å². The summed E-state index contributed by atoms with van der Waals surface area (Å²) in [6, 6.07) is 52.9. The molecule has 0 heterocycles. The lowest BCUT2D eigenvalue weighted by Crippen LogP contribution is -2.30. The predicted octanol–water partition coefficient (Wildman–Crippen LogP) is 19.6. The molecule has 7 aromatic carbocycles. The maximum absolute atomic E-state index is 2.67. The van der Waals surface area contributed by atoms with Crippen LogP contribution in [-0.2, 0) is 10.8 Å². The predicted molar refractivity (Wildman–Crippen MR) is 291 cm³/mol. The van der Waals surface area contributed by atoms with E-state index < -0.39 is 0 Å². The number of allylic oxidation sites excluding steroid dienone is 2. The molecule has 3 aliphatic carbocycles. The second-order valence-corrected chi connectivity index (χ2v) is 23.1. The van der Waals surface area contributed by atoms with Crippen molar-refractivity contribution in [3.05, 3.63) is 172 Å². The summed E-state index contributed by atoms with van der Waals surface area (Å²) in [6.45, 7) is 21.6. The third-order valence-corrected chi connectivity index (χ3v) is 17.0. The number of rotatable bonds is 15. The molecule has 0 spiro atoms. The van der Waals surface area contributed by atoms with E-state index in [1.54, 1.807) is 39.0 Å². The van der Waals surface area contributed by atoms with Crippen LogP contribution in [0.3, 0.4) is 0 Å². The van der Waals surface area contributed by atoms with E-state index in [1.165, 1.54) is 118 Å². The first-order chi connectivity index (χ1) is 32.4. The topological polar surface area (TPSA) is 0 Å². The van der Waals surface area contributed by atoms with E-state index in [4.69, 9.17) is 0 Å². The van der Waals surface area contributed by atoms with Gasteiger partial charge in [-0.2, -0.15) is 0 Å². The highest BCUT2D eigenvalue weighted by Crippen LogP contribution is 2.61. The molecular formula is C67H76. The first kappa shape index (κ1) is 45.6. The van der Waals surface area contributed by atoms with Crippen molar-refractivity contribution >= 4 is 27.1 Å². The largest absolute Gasteiger partial charge is 0.0628 e. The fourth-order valence-corrected chi connectivity index (χ4v) is 13.3. The Morgan fingerprint density at radius 2 is 0.896 bits per heavy atom. The molecule has 0 radical (unpaired) electrons. The van der Waals surface area contributed by atoms with E-state index in [9.17, 15) is 0 Å². The van der Waals surface area contributed by atoms with Crippen molar-refractivity contribution in [2.75, 3.05) is 0 Å². The minimum Gasteiger partial charge on any atom is -0.0628 e. The summed E-state index contributed by atoms with van der Waals surface area (Å²) >= 11 is 0. The van der Waals surface area contributed by atoms with Crippen LogP contribution >= 0.6 is 0 Å². The van der Waals surface area contributed by atoms with Crippen LogP contribution in [0.25, 0.3) is 60.5 Å². The van der Waals surface area contributed by atoms with E-state index in [1.807, 2.05) is 0 Å². The Labute approximate surface area is 404 Å². The molecule has 1 atom stereocenters. The van der Waals surface area contributed by atoms with Gasteiger partial charge in [-0.1, -0.05) is 182 Å². The molecule has 0 fully saturated rings. The van der Waals surface area contributed by atoms with Gasteiger partial charge in [-0.05, 0) is 213 Å². The minimum atomic E-state index is 0.0466. The van der Waals surface area contributed by atoms with Crippen LogP contribution in [0.15, 0.2) is 139 Å². The summed E-state index contributed by atoms with van der Waals surface area (Å²) in [6.07, 6.45) is 13.3. The molecule has 0 nitrogen and oxygen atoms in total. The number of hydrogen-bond donors (Lipinski definition) is 0. The summed E-state index contributed by atoms with van der Waals surface area (Å²) in [5.74, 6) is 3.15. The number of aryl methyl sites for hydroxylation is 1. The second kappa shape index (κ2) is 18.4. The quantitative estimate of drug-likeness (QED) is 0.0962. The molecule has 0 aliphatic heterocycles. The third-order valence-electron chi connectivity index (χ3n) is 17.0. The SMILES string of the molecule is Cc1ccc(-c2ccc3c(c2)C(CCC(C)C)(CCC(C)C)C2=C3CCC(c3ccc(-c4ccc5c(c4)C(CCC(C)C)(CCC(C)C)c4ccccc4-5)c4ccccc34)C2)c2ccccc12. The van der Waals surface area contributed by atoms with Gasteiger partial charge < -0.3 is 0 Å². The highest BCUT2D eigenvalue weighted by Gasteiger charge is 2.47. The zero-order chi connectivity index (χ0) is 46.6. The van der Waals surface area contributed by atoms with E-state index in [0.717, 1.165) is 12.8 Å². The molecule has 1 unspecified atom stereocenters. The zero-order valence-electron chi connectivity index (χ0n) is 42.4. The lowest BCUT2D eigenvalue weighted by Gasteiger charge is -2.39. The number of fused-ring (bicyclic) bond motifs is 7. The maximum Gasteiger partial charge on any atom is 0.0215 e. The summed E-state index contributed by atoms with van der Waals surface area (Å²) in [4.78, 5) is 0. The Hall–Kier alpha value is -5.20. The molecule has 0 bridgehead atoms. The summed E-state index contributed by atoms with van der Waals surface area (Å²) in [5.41, 5.74) is 21.1. The Bertz CT molecular complexity index is 2960. The molecule has 3 aliphatic rings. The van der Waals surface area contributed by atoms with Gasteiger partial charge in [0.1, 0.15) is 0 Å². The van der Waals surface area contributed by atoms with Crippen molar-refractivity contribution in [2.24, 2.45) is 23.7 Å². The normalized spacial score (nSPS) is 17.0. The molecule has 0 N–H and O–H groups in total. The standard InChI is InChI=1S/C67H76/c1-43(2)32-36-66(37-33-44(3)4)62-21-15-14-20-58(62)59-27-23-49(40-63(59)66)53-30-31-54(57-19-13-12-18-56(53)57)50-25-29-61-60-28-24-48(52-26-22-47(9)51-16-10-11-17-55(51)52)41-64(60)67(65(61)42-50,38-34-45(5)6)39-35-46(7)8/h10-24,26-28,30-31,40-41,43-46,50H,25,29,32-39,42H2,1-9H3. The van der Waals surface area contributed by atoms with E-state index in [0.29, 0.717) is 29.6 Å². The van der Waals surface area contributed by atoms with Crippen LogP contribution in [-0.4, -0.2) is 0 Å². The van der Waals surface area contributed by atoms with Crippen molar-refractivity contribution in [1.29, 1.82) is 0 Å². The average molecular weight is 881 g/mol. The fourth-order valence-electron chi connectivity index (χ4n) is 13.3. The van der Waals surface area contributed by atoms with Gasteiger partial charge in [-0.15, -0.1) is 0 Å². The van der Waals surface area contributed by atoms with Crippen molar-refractivity contribution in [2.45, 2.75) is 150 Å². The lowest BCUT2D eigenvalue weighted by molar-refractivity contribution is 0.342. The van der Waals surface area contributed by atoms with E-state index >= 15 is 0 Å². The van der Waals surface area contributed by atoms with E-state index in [-0.39, 0.29) is 10.8 Å². The van der Waals surface area contributed by atoms with Gasteiger partial charge in [-0.25, -0.2) is 0 Å². The molecule has 0 amide bonds. The molecule has 0 saturated heterocycles. The second-order valence-electron chi connectivity index (χ2n) is 23.1. The monoisotopic (exact) mass is 881 g/mol. The van der Waals surface area contributed by atoms with Crippen LogP contribution in [0.1, 0.15) is 165 Å². The molecule has 67 heavy (non-hydrogen) atoms. The molecule has 0 aromatic heterocycles. The van der Waals surface area contributed by atoms with Gasteiger partial charge in [0.05, 0.1) is 0 Å². The van der Waals surface area contributed by atoms with Gasteiger partial charge in [0.2, 0.25) is 0 Å². The molecule has 10 rings (SSSR count). The maximum atomic E-state index is 2.67. The highest BCUT2D eigenvalue weighted by atomic mass is 14.5. The molecule has 7 aromatic rings. The Morgan fingerprint density at radius 1 is 0.433 bits per heavy atom. The molecular weight excluding hydrogens is 805 g/mol. The van der Waals surface area contributed by atoms with Crippen LogP contribution in [0, 0.1) is 30.6 Å². The van der Waals surface area contributed by atoms with Gasteiger partial charge in [-0.3, -0.25) is 0 Å². The van der Waals surface area contributed by atoms with Crippen molar-refractivity contribution in [3.8, 4) is 33.4 Å². The molecule has 0 heteroatoms. The zero-order valence-corrected chi connectivity index (χ0v) is 42.4. The summed E-state index contributed by atoms with van der Waals surface area (Å²) < 4.78 is 0. The van der Waals surface area contributed by atoms with Crippen LogP contribution in [0.5, 0.6) is 0 Å². The minimum absolute atomic E-state index is 0.0466. The molecule has 0 saturated carbocycles. The lowest BCUT2D eigenvalue weighted by atomic mass is 9.65. The first-order valence-electron chi connectivity index (χ1n) is 26.5. The van der Waals surface area contributed by atoms with Gasteiger partial charge in [0.25, 0.3) is 0 Å². The Kier molecular flexibility index (Phi) is 12.5. The van der Waals surface area contributed by atoms with Crippen molar-refractivity contribution in [1.82, 2.24) is 0 Å². The highest BCUT2D eigenvalue weighted by molar-refractivity contribution is 6.01. The van der Waals surface area contributed by atoms with E-state index in [2.05, 4.69) is 196 Å². The fraction of sp³-hybridized carbons (Fsp3) is 0.403. The smallest absolute Gasteiger partial charge is 0.0215 e. The summed E-state index contributed by atoms with van der Waals surface area (Å²) in [7, 11) is 0. The van der Waals surface area contributed by atoms with Crippen molar-refractivity contribution < 1.29 is 0 Å². The average Bonchev–Trinajstić information content (AvgIpc) is 3.76. The van der Waals surface area contributed by atoms with Gasteiger partial charge in [0.15, 0.2) is 0 Å². The van der Waals surface area contributed by atoms with Crippen molar-refractivity contribution in [3.63, 3.8) is 0 Å². The summed E-state index contributed by atoms with van der Waals surface area (Å²) in [5, 5.41) is 5.58. The number of hydrogen-bond acceptors (Lipinski definition) is 0. The van der Waals surface area contributed by atoms with Gasteiger partial charge >= 0.3 is 0 Å². The van der Waals surface area contributed by atoms with Gasteiger partial charge in [0, 0.05) is 10.8 Å². The third kappa shape index (κ3) is 8.13.